The standard InChI is InChI=1S/C20H23N5O3/c1-4-25(14(2)3)17-8-6-16(7-9-17)22-19(26)12-28-20(27)15-5-10-18-23-21-13-24(18)11-15/h5-11,13-14H,4,12H2,1-3H3,(H,22,26). The van der Waals surface area contributed by atoms with E-state index in [-0.39, 0.29) is 6.61 Å². The summed E-state index contributed by atoms with van der Waals surface area (Å²) in [6, 6.07) is 11.2. The van der Waals surface area contributed by atoms with Crippen LogP contribution in [0.2, 0.25) is 0 Å². The van der Waals surface area contributed by atoms with E-state index in [4.69, 9.17) is 4.74 Å². The number of anilines is 2. The van der Waals surface area contributed by atoms with Gasteiger partial charge in [0.2, 0.25) is 0 Å². The molecule has 2 aromatic heterocycles. The Labute approximate surface area is 163 Å². The van der Waals surface area contributed by atoms with Gasteiger partial charge in [0.1, 0.15) is 6.33 Å². The van der Waals surface area contributed by atoms with Gasteiger partial charge in [0.05, 0.1) is 5.56 Å². The molecule has 0 aliphatic heterocycles. The van der Waals surface area contributed by atoms with E-state index in [9.17, 15) is 9.59 Å². The molecule has 2 heterocycles. The number of hydrogen-bond donors (Lipinski definition) is 1. The average molecular weight is 381 g/mol. The van der Waals surface area contributed by atoms with Crippen molar-refractivity contribution in [2.24, 2.45) is 0 Å². The first kappa shape index (κ1) is 19.3. The first-order valence-electron chi connectivity index (χ1n) is 9.11. The van der Waals surface area contributed by atoms with Crippen molar-refractivity contribution in [1.82, 2.24) is 14.6 Å². The Kier molecular flexibility index (Phi) is 5.88. The van der Waals surface area contributed by atoms with Crippen LogP contribution in [0, 0.1) is 0 Å². The van der Waals surface area contributed by atoms with Gasteiger partial charge in [0.25, 0.3) is 5.91 Å². The van der Waals surface area contributed by atoms with E-state index in [1.54, 1.807) is 22.7 Å². The summed E-state index contributed by atoms with van der Waals surface area (Å²) < 4.78 is 6.69. The van der Waals surface area contributed by atoms with Crippen LogP contribution < -0.4 is 10.2 Å². The lowest BCUT2D eigenvalue weighted by molar-refractivity contribution is -0.119. The number of pyridine rings is 1. The van der Waals surface area contributed by atoms with E-state index in [1.165, 1.54) is 6.33 Å². The molecular weight excluding hydrogens is 358 g/mol. The predicted molar refractivity (Wildman–Crippen MR) is 106 cm³/mol. The van der Waals surface area contributed by atoms with Crippen LogP contribution in [0.4, 0.5) is 11.4 Å². The SMILES string of the molecule is CCN(c1ccc(NC(=O)COC(=O)c2ccc3nncn3c2)cc1)C(C)C. The normalized spacial score (nSPS) is 10.9. The largest absolute Gasteiger partial charge is 0.452 e. The summed E-state index contributed by atoms with van der Waals surface area (Å²) in [5.74, 6) is -0.987. The molecule has 1 amide bonds. The monoisotopic (exact) mass is 381 g/mol. The summed E-state index contributed by atoms with van der Waals surface area (Å²) in [6.45, 7) is 6.91. The second-order valence-corrected chi connectivity index (χ2v) is 6.57. The Morgan fingerprint density at radius 3 is 2.61 bits per heavy atom. The molecule has 1 aromatic carbocycles. The van der Waals surface area contributed by atoms with Crippen LogP contribution in [0.5, 0.6) is 0 Å². The quantitative estimate of drug-likeness (QED) is 0.633. The second kappa shape index (κ2) is 8.51. The molecule has 0 bridgehead atoms. The van der Waals surface area contributed by atoms with Gasteiger partial charge in [0, 0.05) is 30.2 Å². The summed E-state index contributed by atoms with van der Waals surface area (Å²) >= 11 is 0. The zero-order valence-electron chi connectivity index (χ0n) is 16.1. The zero-order valence-corrected chi connectivity index (χ0v) is 16.1. The third-order valence-electron chi connectivity index (χ3n) is 4.31. The van der Waals surface area contributed by atoms with Gasteiger partial charge >= 0.3 is 5.97 Å². The number of benzene rings is 1. The van der Waals surface area contributed by atoms with Crippen LogP contribution in [0.15, 0.2) is 48.9 Å². The van der Waals surface area contributed by atoms with Gasteiger partial charge in [-0.05, 0) is 57.2 Å². The number of hydrogen-bond acceptors (Lipinski definition) is 6. The first-order chi connectivity index (χ1) is 13.5. The molecule has 3 rings (SSSR count). The number of fused-ring (bicyclic) bond motifs is 1. The van der Waals surface area contributed by atoms with Crippen molar-refractivity contribution < 1.29 is 14.3 Å². The number of ether oxygens (including phenoxy) is 1. The lowest BCUT2D eigenvalue weighted by Gasteiger charge is -2.27. The molecule has 0 aliphatic rings. The molecule has 0 saturated heterocycles. The van der Waals surface area contributed by atoms with E-state index >= 15 is 0 Å². The number of rotatable bonds is 7. The van der Waals surface area contributed by atoms with Crippen LogP contribution in [-0.2, 0) is 9.53 Å². The van der Waals surface area contributed by atoms with Gasteiger partial charge < -0.3 is 15.0 Å². The van der Waals surface area contributed by atoms with Gasteiger partial charge in [-0.25, -0.2) is 4.79 Å². The fourth-order valence-electron chi connectivity index (χ4n) is 2.94. The molecule has 0 spiro atoms. The lowest BCUT2D eigenvalue weighted by Crippen LogP contribution is -2.30. The van der Waals surface area contributed by atoms with E-state index in [1.807, 2.05) is 24.3 Å². The first-order valence-corrected chi connectivity index (χ1v) is 9.11. The number of aromatic nitrogens is 3. The van der Waals surface area contributed by atoms with E-state index < -0.39 is 11.9 Å². The third-order valence-corrected chi connectivity index (χ3v) is 4.31. The maximum Gasteiger partial charge on any atom is 0.340 e. The molecule has 0 radical (unpaired) electrons. The predicted octanol–water partition coefficient (Wildman–Crippen LogP) is 2.76. The summed E-state index contributed by atoms with van der Waals surface area (Å²) in [6.07, 6.45) is 3.05. The fourth-order valence-corrected chi connectivity index (χ4v) is 2.94. The molecule has 0 aliphatic carbocycles. The van der Waals surface area contributed by atoms with Crippen LogP contribution in [-0.4, -0.2) is 45.7 Å². The van der Waals surface area contributed by atoms with Crippen molar-refractivity contribution in [3.8, 4) is 0 Å². The molecule has 0 unspecified atom stereocenters. The fraction of sp³-hybridized carbons (Fsp3) is 0.300. The molecular formula is C20H23N5O3. The van der Waals surface area contributed by atoms with Crippen molar-refractivity contribution in [3.63, 3.8) is 0 Å². The van der Waals surface area contributed by atoms with Crippen LogP contribution in [0.25, 0.3) is 5.65 Å². The smallest absolute Gasteiger partial charge is 0.340 e. The molecule has 0 fully saturated rings. The minimum Gasteiger partial charge on any atom is -0.452 e. The number of nitrogens with zero attached hydrogens (tertiary/aromatic N) is 4. The number of carbonyl (C=O) groups is 2. The third kappa shape index (κ3) is 4.46. The Bertz CT molecular complexity index is 965. The highest BCUT2D eigenvalue weighted by atomic mass is 16.5. The zero-order chi connectivity index (χ0) is 20.1. The molecule has 1 N–H and O–H groups in total. The highest BCUT2D eigenvalue weighted by Gasteiger charge is 2.12. The molecule has 0 saturated carbocycles. The van der Waals surface area contributed by atoms with E-state index in [0.29, 0.717) is 22.9 Å². The van der Waals surface area contributed by atoms with Gasteiger partial charge in [-0.2, -0.15) is 0 Å². The molecule has 146 valence electrons. The summed E-state index contributed by atoms with van der Waals surface area (Å²) in [7, 11) is 0. The molecule has 8 nitrogen and oxygen atoms in total. The maximum absolute atomic E-state index is 12.1. The summed E-state index contributed by atoms with van der Waals surface area (Å²) in [5.41, 5.74) is 2.68. The Morgan fingerprint density at radius 2 is 1.93 bits per heavy atom. The summed E-state index contributed by atoms with van der Waals surface area (Å²) in [4.78, 5) is 26.5. The molecule has 0 atom stereocenters. The van der Waals surface area contributed by atoms with Gasteiger partial charge in [-0.15, -0.1) is 10.2 Å². The lowest BCUT2D eigenvalue weighted by atomic mass is 10.2. The highest BCUT2D eigenvalue weighted by Crippen LogP contribution is 2.19. The van der Waals surface area contributed by atoms with Crippen molar-refractivity contribution in [3.05, 3.63) is 54.5 Å². The summed E-state index contributed by atoms with van der Waals surface area (Å²) in [5, 5.41) is 10.3. The minimum atomic E-state index is -0.586. The number of esters is 1. The van der Waals surface area contributed by atoms with Gasteiger partial charge in [-0.3, -0.25) is 9.20 Å². The van der Waals surface area contributed by atoms with Crippen LogP contribution >= 0.6 is 0 Å². The van der Waals surface area contributed by atoms with Crippen LogP contribution in [0.3, 0.4) is 0 Å². The topological polar surface area (TPSA) is 88.8 Å². The van der Waals surface area contributed by atoms with E-state index in [2.05, 4.69) is 41.2 Å². The van der Waals surface area contributed by atoms with Crippen LogP contribution in [0.1, 0.15) is 31.1 Å². The van der Waals surface area contributed by atoms with Crippen molar-refractivity contribution in [2.75, 3.05) is 23.4 Å². The maximum atomic E-state index is 12.1. The number of carbonyl (C=O) groups excluding carboxylic acids is 2. The number of nitrogens with one attached hydrogen (secondary N) is 1. The van der Waals surface area contributed by atoms with E-state index in [0.717, 1.165) is 12.2 Å². The Balaban J connectivity index is 1.54. The van der Waals surface area contributed by atoms with Crippen molar-refractivity contribution in [1.29, 1.82) is 0 Å². The van der Waals surface area contributed by atoms with Crippen molar-refractivity contribution >= 4 is 28.9 Å². The minimum absolute atomic E-state index is 0.317. The Morgan fingerprint density at radius 1 is 1.18 bits per heavy atom. The second-order valence-electron chi connectivity index (χ2n) is 6.57. The highest BCUT2D eigenvalue weighted by molar-refractivity contribution is 5.95. The molecule has 3 aromatic rings. The van der Waals surface area contributed by atoms with Gasteiger partial charge in [-0.1, -0.05) is 0 Å². The number of amides is 1. The molecule has 8 heteroatoms. The molecule has 28 heavy (non-hydrogen) atoms. The Hall–Kier alpha value is -3.42. The average Bonchev–Trinajstić information content (AvgIpc) is 3.15. The van der Waals surface area contributed by atoms with Crippen molar-refractivity contribution in [2.45, 2.75) is 26.8 Å². The van der Waals surface area contributed by atoms with Gasteiger partial charge in [0.15, 0.2) is 12.3 Å².